The van der Waals surface area contributed by atoms with E-state index >= 15 is 0 Å². The van der Waals surface area contributed by atoms with Gasteiger partial charge in [0, 0.05) is 27.4 Å². The monoisotopic (exact) mass is 374 g/mol. The van der Waals surface area contributed by atoms with E-state index in [1.807, 2.05) is 6.07 Å². The van der Waals surface area contributed by atoms with Gasteiger partial charge in [-0.25, -0.2) is 0 Å². The van der Waals surface area contributed by atoms with Crippen LogP contribution in [0.25, 0.3) is 0 Å². The molecule has 2 unspecified atom stereocenters. The first-order valence-corrected chi connectivity index (χ1v) is 7.86. The van der Waals surface area contributed by atoms with Crippen molar-refractivity contribution in [3.05, 3.63) is 31.9 Å². The molecule has 0 radical (unpaired) electrons. The van der Waals surface area contributed by atoms with Gasteiger partial charge in [0.25, 0.3) is 5.69 Å². The van der Waals surface area contributed by atoms with Crippen molar-refractivity contribution in [1.29, 1.82) is 0 Å². The van der Waals surface area contributed by atoms with Gasteiger partial charge in [0.15, 0.2) is 0 Å². The summed E-state index contributed by atoms with van der Waals surface area (Å²) in [5.41, 5.74) is 1.17. The Kier molecular flexibility index (Phi) is 5.01. The van der Waals surface area contributed by atoms with Crippen LogP contribution in [0, 0.1) is 19.6 Å². The van der Waals surface area contributed by atoms with Crippen molar-refractivity contribution in [2.75, 3.05) is 5.32 Å². The van der Waals surface area contributed by atoms with Crippen molar-refractivity contribution < 1.29 is 4.92 Å². The molecule has 4 nitrogen and oxygen atoms in total. The summed E-state index contributed by atoms with van der Waals surface area (Å²) in [4.78, 5) is 10.4. The van der Waals surface area contributed by atoms with Crippen LogP contribution >= 0.6 is 22.6 Å². The number of non-ortho nitro benzene ring substituents is 1. The minimum atomic E-state index is -0.347. The Labute approximate surface area is 127 Å². The Morgan fingerprint density at radius 3 is 2.74 bits per heavy atom. The normalized spacial score (nSPS) is 23.7. The van der Waals surface area contributed by atoms with Gasteiger partial charge in [-0.2, -0.15) is 0 Å². The predicted molar refractivity (Wildman–Crippen MR) is 85.5 cm³/mol. The Bertz CT molecular complexity index is 465. The highest BCUT2D eigenvalue weighted by Gasteiger charge is 2.20. The van der Waals surface area contributed by atoms with Crippen molar-refractivity contribution in [2.45, 2.75) is 45.1 Å². The van der Waals surface area contributed by atoms with Crippen LogP contribution in [0.2, 0.25) is 0 Å². The van der Waals surface area contributed by atoms with Crippen LogP contribution in [0.3, 0.4) is 0 Å². The second-order valence-electron chi connectivity index (χ2n) is 5.29. The third-order valence-electron chi connectivity index (χ3n) is 3.87. The number of hydrogen-bond donors (Lipinski definition) is 1. The molecule has 104 valence electrons. The Hall–Kier alpha value is -0.850. The van der Waals surface area contributed by atoms with Gasteiger partial charge in [0.05, 0.1) is 4.92 Å². The molecule has 0 aromatic heterocycles. The van der Waals surface area contributed by atoms with Crippen molar-refractivity contribution in [2.24, 2.45) is 5.92 Å². The second-order valence-corrected chi connectivity index (χ2v) is 6.45. The number of nitro groups is 1. The molecule has 1 aromatic carbocycles. The smallest absolute Gasteiger partial charge is 0.270 e. The van der Waals surface area contributed by atoms with Gasteiger partial charge in [0.2, 0.25) is 0 Å². The fourth-order valence-corrected chi connectivity index (χ4v) is 3.30. The Morgan fingerprint density at radius 1 is 1.32 bits per heavy atom. The number of halogens is 1. The lowest BCUT2D eigenvalue weighted by atomic mass is 9.97. The van der Waals surface area contributed by atoms with Gasteiger partial charge in [-0.15, -0.1) is 0 Å². The van der Waals surface area contributed by atoms with Gasteiger partial charge in [-0.05, 0) is 47.4 Å². The van der Waals surface area contributed by atoms with Crippen LogP contribution in [0.1, 0.15) is 39.0 Å². The summed E-state index contributed by atoms with van der Waals surface area (Å²) in [6, 6.07) is 5.52. The van der Waals surface area contributed by atoms with Gasteiger partial charge < -0.3 is 5.32 Å². The zero-order chi connectivity index (χ0) is 13.8. The molecule has 2 atom stereocenters. The van der Waals surface area contributed by atoms with E-state index in [0.717, 1.165) is 9.26 Å². The third-order valence-corrected chi connectivity index (χ3v) is 4.76. The fraction of sp³-hybridized carbons (Fsp3) is 0.571. The Balaban J connectivity index is 2.11. The van der Waals surface area contributed by atoms with E-state index in [1.54, 1.807) is 12.1 Å². The first-order chi connectivity index (χ1) is 9.08. The molecule has 0 amide bonds. The molecular formula is C14H19IN2O2. The zero-order valence-corrected chi connectivity index (χ0v) is 13.2. The van der Waals surface area contributed by atoms with Crippen molar-refractivity contribution >= 4 is 34.0 Å². The number of hydrogen-bond acceptors (Lipinski definition) is 3. The SMILES string of the molecule is CC1CCCCCC1Nc1ccc([N+](=O)[O-])cc1I. The highest BCUT2D eigenvalue weighted by atomic mass is 127. The highest BCUT2D eigenvalue weighted by Crippen LogP contribution is 2.29. The molecule has 2 rings (SSSR count). The van der Waals surface area contributed by atoms with Gasteiger partial charge in [-0.1, -0.05) is 26.2 Å². The lowest BCUT2D eigenvalue weighted by Gasteiger charge is -2.24. The lowest BCUT2D eigenvalue weighted by Crippen LogP contribution is -2.26. The summed E-state index contributed by atoms with van der Waals surface area (Å²) in [5, 5.41) is 14.3. The highest BCUT2D eigenvalue weighted by molar-refractivity contribution is 14.1. The molecule has 0 heterocycles. The maximum Gasteiger partial charge on any atom is 0.270 e. The number of anilines is 1. The molecule has 19 heavy (non-hydrogen) atoms. The molecule has 1 fully saturated rings. The lowest BCUT2D eigenvalue weighted by molar-refractivity contribution is -0.384. The summed E-state index contributed by atoms with van der Waals surface area (Å²) < 4.78 is 0.920. The van der Waals surface area contributed by atoms with Gasteiger partial charge >= 0.3 is 0 Å². The molecule has 0 bridgehead atoms. The molecule has 1 aliphatic carbocycles. The molecule has 0 spiro atoms. The minimum Gasteiger partial charge on any atom is -0.381 e. The van der Waals surface area contributed by atoms with E-state index in [-0.39, 0.29) is 10.6 Å². The first kappa shape index (κ1) is 14.6. The average molecular weight is 374 g/mol. The molecule has 1 aromatic rings. The minimum absolute atomic E-state index is 0.156. The largest absolute Gasteiger partial charge is 0.381 e. The van der Waals surface area contributed by atoms with E-state index in [1.165, 1.54) is 32.1 Å². The maximum absolute atomic E-state index is 10.7. The molecule has 0 saturated heterocycles. The Morgan fingerprint density at radius 2 is 2.05 bits per heavy atom. The van der Waals surface area contributed by atoms with Crippen LogP contribution in [-0.4, -0.2) is 11.0 Å². The predicted octanol–water partition coefficient (Wildman–Crippen LogP) is 4.58. The standard InChI is InChI=1S/C14H19IN2O2/c1-10-5-3-2-4-6-13(10)16-14-8-7-11(17(18)19)9-12(14)15/h7-10,13,16H,2-6H2,1H3. The number of benzene rings is 1. The molecule has 1 N–H and O–H groups in total. The van der Waals surface area contributed by atoms with Crippen LogP contribution in [0.15, 0.2) is 18.2 Å². The first-order valence-electron chi connectivity index (χ1n) is 6.78. The van der Waals surface area contributed by atoms with Crippen LogP contribution in [0.5, 0.6) is 0 Å². The number of rotatable bonds is 3. The van der Waals surface area contributed by atoms with Crippen LogP contribution in [0.4, 0.5) is 11.4 Å². The van der Waals surface area contributed by atoms with Crippen molar-refractivity contribution in [3.8, 4) is 0 Å². The number of nitrogens with one attached hydrogen (secondary N) is 1. The molecule has 1 aliphatic rings. The van der Waals surface area contributed by atoms with Crippen molar-refractivity contribution in [3.63, 3.8) is 0 Å². The third kappa shape index (κ3) is 3.81. The van der Waals surface area contributed by atoms with Crippen molar-refractivity contribution in [1.82, 2.24) is 0 Å². The molecule has 5 heteroatoms. The second kappa shape index (κ2) is 6.54. The van der Waals surface area contributed by atoms with E-state index in [2.05, 4.69) is 34.8 Å². The summed E-state index contributed by atoms with van der Waals surface area (Å²) in [6.07, 6.45) is 6.36. The molecule has 0 aliphatic heterocycles. The molecule has 1 saturated carbocycles. The summed E-state index contributed by atoms with van der Waals surface area (Å²) >= 11 is 2.17. The fourth-order valence-electron chi connectivity index (χ4n) is 2.64. The van der Waals surface area contributed by atoms with E-state index in [9.17, 15) is 10.1 Å². The topological polar surface area (TPSA) is 55.2 Å². The molecular weight excluding hydrogens is 355 g/mol. The van der Waals surface area contributed by atoms with Crippen LogP contribution in [-0.2, 0) is 0 Å². The average Bonchev–Trinajstić information content (AvgIpc) is 2.57. The number of nitro benzene ring substituents is 1. The maximum atomic E-state index is 10.7. The quantitative estimate of drug-likeness (QED) is 0.365. The number of nitrogens with zero attached hydrogens (tertiary/aromatic N) is 1. The summed E-state index contributed by atoms with van der Waals surface area (Å²) in [5.74, 6) is 0.661. The van der Waals surface area contributed by atoms with Gasteiger partial charge in [0.1, 0.15) is 0 Å². The van der Waals surface area contributed by atoms with E-state index in [4.69, 9.17) is 0 Å². The summed E-state index contributed by atoms with van der Waals surface area (Å²) in [7, 11) is 0. The van der Waals surface area contributed by atoms with Crippen LogP contribution < -0.4 is 5.32 Å². The van der Waals surface area contributed by atoms with E-state index < -0.39 is 0 Å². The summed E-state index contributed by atoms with van der Waals surface area (Å²) in [6.45, 7) is 2.29. The zero-order valence-electron chi connectivity index (χ0n) is 11.1. The van der Waals surface area contributed by atoms with Gasteiger partial charge in [-0.3, -0.25) is 10.1 Å². The van der Waals surface area contributed by atoms with E-state index in [0.29, 0.717) is 12.0 Å².